The van der Waals surface area contributed by atoms with E-state index in [0.29, 0.717) is 0 Å². The molecule has 0 unspecified atom stereocenters. The smallest absolute Gasteiger partial charge is 0.253 e. The molecular weight excluding hydrogens is 569 g/mol. The summed E-state index contributed by atoms with van der Waals surface area (Å²) in [5.41, 5.74) is 1.12. The lowest BCUT2D eigenvalue weighted by Gasteiger charge is -2.08. The molecule has 0 amide bonds. The second-order valence-corrected chi connectivity index (χ2v) is 41.4. The van der Waals surface area contributed by atoms with Crippen LogP contribution in [0.4, 0.5) is 0 Å². The fourth-order valence-corrected chi connectivity index (χ4v) is 5.57. The first kappa shape index (κ1) is 19.1. The van der Waals surface area contributed by atoms with Gasteiger partial charge in [-0.15, -0.1) is 0 Å². The average molecular weight is 592 g/mol. The zero-order valence-electron chi connectivity index (χ0n) is 10.6. The zero-order valence-corrected chi connectivity index (χ0v) is 18.1. The number of hydrogen-bond donors (Lipinski definition) is 0. The Hall–Kier alpha value is 2.11. The average Bonchev–Trinajstić information content (AvgIpc) is 2.18. The maximum absolute atomic E-state index is 5.47. The Bertz CT molecular complexity index is 204. The van der Waals surface area contributed by atoms with Gasteiger partial charge in [-0.3, -0.25) is 0 Å². The third kappa shape index (κ3) is 18.1. The molecule has 5 heteroatoms. The normalized spacial score (nSPS) is 11.8. The minimum absolute atomic E-state index is 0.730. The van der Waals surface area contributed by atoms with Crippen LogP contribution in [-0.2, 0) is 4.74 Å². The Kier molecular flexibility index (Phi) is 13.4. The van der Waals surface area contributed by atoms with E-state index in [1.807, 2.05) is 6.92 Å². The largest absolute Gasteiger partial charge is 0.377 e. The first-order valence-corrected chi connectivity index (χ1v) is 17.8. The van der Waals surface area contributed by atoms with Gasteiger partial charge in [0.25, 0.3) is 0.564 Å². The van der Waals surface area contributed by atoms with Gasteiger partial charge in [0.2, 0.25) is 0 Å². The lowest BCUT2D eigenvalue weighted by atomic mass is 10.1. The van der Waals surface area contributed by atoms with Gasteiger partial charge in [0.15, 0.2) is 0 Å². The van der Waals surface area contributed by atoms with Crippen LogP contribution in [-0.4, -0.2) is 13.8 Å². The standard InChI is InChI=1S/C12H23I3OSi/c1-12(2)11-16-9-7-5-3-4-6-8-10-17(13,14)15/h1,3-11H2,2H3. The highest BCUT2D eigenvalue weighted by Crippen LogP contribution is 2.35. The first-order chi connectivity index (χ1) is 7.92. The van der Waals surface area contributed by atoms with Crippen LogP contribution in [0.25, 0.3) is 0 Å². The molecule has 0 aliphatic carbocycles. The van der Waals surface area contributed by atoms with E-state index in [0.717, 1.165) is 18.8 Å². The molecule has 1 nitrogen and oxygen atoms in total. The predicted octanol–water partition coefficient (Wildman–Crippen LogP) is 6.16. The molecule has 0 aliphatic rings. The Morgan fingerprint density at radius 2 is 1.53 bits per heavy atom. The molecule has 17 heavy (non-hydrogen) atoms. The monoisotopic (exact) mass is 592 g/mol. The summed E-state index contributed by atoms with van der Waals surface area (Å²) in [4.78, 5) is 0. The molecule has 0 bridgehead atoms. The van der Waals surface area contributed by atoms with Crippen LogP contribution >= 0.6 is 65.4 Å². The van der Waals surface area contributed by atoms with E-state index in [-0.39, 0.29) is 0 Å². The summed E-state index contributed by atoms with van der Waals surface area (Å²) in [6.07, 6.45) is 8.13. The Morgan fingerprint density at radius 3 is 2.06 bits per heavy atom. The summed E-state index contributed by atoms with van der Waals surface area (Å²) < 4.78 is 4.60. The summed E-state index contributed by atoms with van der Waals surface area (Å²) in [7, 11) is 0. The van der Waals surface area contributed by atoms with E-state index in [1.165, 1.54) is 44.6 Å². The summed E-state index contributed by atoms with van der Waals surface area (Å²) in [6, 6.07) is 1.45. The molecule has 0 aromatic carbocycles. The summed E-state index contributed by atoms with van der Waals surface area (Å²) in [6.45, 7) is 7.46. The Labute approximate surface area is 146 Å². The Balaban J connectivity index is 3.06. The second kappa shape index (κ2) is 11.9. The van der Waals surface area contributed by atoms with Crippen molar-refractivity contribution in [2.24, 2.45) is 0 Å². The lowest BCUT2D eigenvalue weighted by molar-refractivity contribution is 0.151. The molecule has 0 saturated carbocycles. The maximum atomic E-state index is 5.47. The molecule has 0 aliphatic heterocycles. The van der Waals surface area contributed by atoms with Crippen molar-refractivity contribution in [2.45, 2.75) is 51.5 Å². The van der Waals surface area contributed by atoms with Crippen molar-refractivity contribution >= 4 is 66.0 Å². The quantitative estimate of drug-likeness (QED) is 0.0919. The zero-order chi connectivity index (χ0) is 13.1. The fraction of sp³-hybridized carbons (Fsp3) is 0.833. The van der Waals surface area contributed by atoms with Crippen molar-refractivity contribution in [1.29, 1.82) is 0 Å². The molecule has 102 valence electrons. The molecule has 0 atom stereocenters. The number of halogens is 3. The van der Waals surface area contributed by atoms with Gasteiger partial charge in [-0.1, -0.05) is 110 Å². The van der Waals surface area contributed by atoms with E-state index >= 15 is 0 Å². The number of unbranched alkanes of at least 4 members (excludes halogenated alkanes) is 5. The van der Waals surface area contributed by atoms with Gasteiger partial charge in [0, 0.05) is 6.61 Å². The third-order valence-electron chi connectivity index (χ3n) is 2.35. The molecule has 0 fully saturated rings. The molecular formula is C12H23I3OSi. The molecule has 0 aromatic heterocycles. The molecule has 0 radical (unpaired) electrons. The van der Waals surface area contributed by atoms with Gasteiger partial charge in [-0.25, -0.2) is 0 Å². The van der Waals surface area contributed by atoms with Crippen LogP contribution < -0.4 is 0 Å². The van der Waals surface area contributed by atoms with Crippen LogP contribution in [0.2, 0.25) is 6.04 Å². The molecule has 0 rings (SSSR count). The third-order valence-corrected chi connectivity index (χ3v) is 8.12. The van der Waals surface area contributed by atoms with Gasteiger partial charge in [-0.05, 0) is 19.4 Å². The van der Waals surface area contributed by atoms with Crippen LogP contribution in [0, 0.1) is 0 Å². The fourth-order valence-electron chi connectivity index (χ4n) is 1.48. The van der Waals surface area contributed by atoms with Crippen molar-refractivity contribution in [1.82, 2.24) is 0 Å². The SMILES string of the molecule is C=C(C)COCCCCCCCC[Si](I)(I)I. The highest BCUT2D eigenvalue weighted by Gasteiger charge is 2.19. The van der Waals surface area contributed by atoms with Crippen molar-refractivity contribution in [2.75, 3.05) is 13.2 Å². The van der Waals surface area contributed by atoms with Gasteiger partial charge in [0.05, 0.1) is 6.61 Å². The second-order valence-electron chi connectivity index (χ2n) is 4.50. The van der Waals surface area contributed by atoms with Crippen LogP contribution in [0.3, 0.4) is 0 Å². The maximum Gasteiger partial charge on any atom is 0.253 e. The lowest BCUT2D eigenvalue weighted by Crippen LogP contribution is -2.04. The topological polar surface area (TPSA) is 9.23 Å². The summed E-state index contributed by atoms with van der Waals surface area (Å²) in [5.74, 6) is 0. The molecule has 0 N–H and O–H groups in total. The van der Waals surface area contributed by atoms with E-state index in [9.17, 15) is 0 Å². The summed E-state index contributed by atoms with van der Waals surface area (Å²) in [5, 5.41) is 0. The number of ether oxygens (including phenoxy) is 1. The molecule has 0 aromatic rings. The van der Waals surface area contributed by atoms with Gasteiger partial charge >= 0.3 is 0 Å². The number of rotatable bonds is 11. The van der Waals surface area contributed by atoms with Crippen LogP contribution in [0.1, 0.15) is 45.4 Å². The van der Waals surface area contributed by atoms with E-state index in [1.54, 1.807) is 0 Å². The first-order valence-electron chi connectivity index (χ1n) is 6.20. The van der Waals surface area contributed by atoms with Gasteiger partial charge in [0.1, 0.15) is 0 Å². The van der Waals surface area contributed by atoms with Crippen LogP contribution in [0.15, 0.2) is 12.2 Å². The highest BCUT2D eigenvalue weighted by atomic mass is 127. The van der Waals surface area contributed by atoms with E-state index in [4.69, 9.17) is 4.74 Å². The van der Waals surface area contributed by atoms with Gasteiger partial charge in [-0.2, -0.15) is 0 Å². The Morgan fingerprint density at radius 1 is 1.00 bits per heavy atom. The minimum Gasteiger partial charge on any atom is -0.377 e. The minimum atomic E-state index is -0.872. The van der Waals surface area contributed by atoms with Crippen molar-refractivity contribution in [3.8, 4) is 0 Å². The van der Waals surface area contributed by atoms with Crippen molar-refractivity contribution in [3.63, 3.8) is 0 Å². The predicted molar refractivity (Wildman–Crippen MR) is 106 cm³/mol. The van der Waals surface area contributed by atoms with Crippen LogP contribution in [0.5, 0.6) is 0 Å². The molecule has 0 heterocycles. The van der Waals surface area contributed by atoms with Crippen molar-refractivity contribution < 1.29 is 4.74 Å². The van der Waals surface area contributed by atoms with E-state index < -0.39 is 0.564 Å². The van der Waals surface area contributed by atoms with E-state index in [2.05, 4.69) is 72.0 Å². The summed E-state index contributed by atoms with van der Waals surface area (Å²) >= 11 is 7.96. The van der Waals surface area contributed by atoms with Crippen molar-refractivity contribution in [3.05, 3.63) is 12.2 Å². The molecule has 0 saturated heterocycles. The highest BCUT2D eigenvalue weighted by molar-refractivity contribution is 14.4. The number of hydrogen-bond acceptors (Lipinski definition) is 1. The molecule has 0 spiro atoms. The van der Waals surface area contributed by atoms with Gasteiger partial charge < -0.3 is 4.74 Å².